The van der Waals surface area contributed by atoms with Crippen molar-refractivity contribution in [3.05, 3.63) is 23.2 Å². The van der Waals surface area contributed by atoms with Crippen molar-refractivity contribution in [3.63, 3.8) is 0 Å². The Morgan fingerprint density at radius 1 is 1.57 bits per heavy atom. The second-order valence-corrected chi connectivity index (χ2v) is 3.45. The highest BCUT2D eigenvalue weighted by Gasteiger charge is 1.99. The minimum atomic E-state index is 0.0284. The molecule has 0 atom stereocenters. The molecular formula is C9H9ClO3S. The average Bonchev–Trinajstić information content (AvgIpc) is 2.18. The zero-order chi connectivity index (χ0) is 10.4. The number of hydrogen-bond donors (Lipinski definition) is 1. The first-order chi connectivity index (χ1) is 6.74. The third kappa shape index (κ3) is 3.40. The molecule has 0 spiro atoms. The van der Waals surface area contributed by atoms with Gasteiger partial charge in [0.05, 0.1) is 22.9 Å². The summed E-state index contributed by atoms with van der Waals surface area (Å²) in [4.78, 5) is 0. The minimum absolute atomic E-state index is 0.0284. The van der Waals surface area contributed by atoms with Gasteiger partial charge in [-0.15, -0.1) is 0 Å². The third-order valence-electron chi connectivity index (χ3n) is 1.49. The van der Waals surface area contributed by atoms with Crippen LogP contribution in [0.25, 0.3) is 0 Å². The fourth-order valence-electron chi connectivity index (χ4n) is 0.850. The number of halogens is 1. The first-order valence-electron chi connectivity index (χ1n) is 3.95. The van der Waals surface area contributed by atoms with E-state index in [-0.39, 0.29) is 10.8 Å². The molecule has 5 heteroatoms. The Kier molecular flexibility index (Phi) is 4.49. The van der Waals surface area contributed by atoms with Gasteiger partial charge in [0.15, 0.2) is 0 Å². The van der Waals surface area contributed by atoms with Gasteiger partial charge in [0.1, 0.15) is 11.5 Å². The zero-order valence-electron chi connectivity index (χ0n) is 7.27. The second-order valence-electron chi connectivity index (χ2n) is 2.51. The molecule has 76 valence electrons. The van der Waals surface area contributed by atoms with Crippen LogP contribution in [-0.2, 0) is 11.3 Å². The van der Waals surface area contributed by atoms with E-state index in [1.165, 1.54) is 17.5 Å². The van der Waals surface area contributed by atoms with Crippen LogP contribution in [0, 0.1) is 0 Å². The van der Waals surface area contributed by atoms with Gasteiger partial charge in [-0.25, -0.2) is 4.21 Å². The highest BCUT2D eigenvalue weighted by Crippen LogP contribution is 2.27. The van der Waals surface area contributed by atoms with Crippen molar-refractivity contribution < 1.29 is 14.1 Å². The number of hydrogen-bond acceptors (Lipinski definition) is 3. The smallest absolute Gasteiger partial charge is 0.134 e. The molecule has 0 aromatic heterocycles. The van der Waals surface area contributed by atoms with Crippen LogP contribution in [0.1, 0.15) is 6.42 Å². The van der Waals surface area contributed by atoms with Gasteiger partial charge < -0.3 is 9.84 Å². The van der Waals surface area contributed by atoms with E-state index in [1.54, 1.807) is 6.07 Å². The highest BCUT2D eigenvalue weighted by molar-refractivity contribution is 7.64. The van der Waals surface area contributed by atoms with E-state index < -0.39 is 0 Å². The van der Waals surface area contributed by atoms with Gasteiger partial charge in [0.2, 0.25) is 0 Å². The largest absolute Gasteiger partial charge is 0.506 e. The molecule has 0 unspecified atom stereocenters. The maximum atomic E-state index is 9.99. The lowest BCUT2D eigenvalue weighted by molar-refractivity contribution is 0.330. The standard InChI is InChI=1S/C9H9ClO3S/c10-8-6-7(2-3-9(8)11)13-4-1-5-14-12/h2-3,5-6,11H,1,4H2. The van der Waals surface area contributed by atoms with Gasteiger partial charge in [0, 0.05) is 17.9 Å². The van der Waals surface area contributed by atoms with Crippen molar-refractivity contribution in [2.45, 2.75) is 6.42 Å². The van der Waals surface area contributed by atoms with E-state index in [0.717, 1.165) is 0 Å². The normalized spacial score (nSPS) is 9.50. The van der Waals surface area contributed by atoms with E-state index >= 15 is 0 Å². The zero-order valence-corrected chi connectivity index (χ0v) is 8.85. The van der Waals surface area contributed by atoms with Crippen molar-refractivity contribution in [2.24, 2.45) is 0 Å². The summed E-state index contributed by atoms with van der Waals surface area (Å²) < 4.78 is 15.3. The summed E-state index contributed by atoms with van der Waals surface area (Å²) in [6.07, 6.45) is 0.576. The van der Waals surface area contributed by atoms with Gasteiger partial charge >= 0.3 is 0 Å². The minimum Gasteiger partial charge on any atom is -0.506 e. The van der Waals surface area contributed by atoms with Crippen LogP contribution >= 0.6 is 11.6 Å². The molecular weight excluding hydrogens is 224 g/mol. The lowest BCUT2D eigenvalue weighted by Gasteiger charge is -2.04. The predicted octanol–water partition coefficient (Wildman–Crippen LogP) is 1.83. The number of rotatable bonds is 4. The van der Waals surface area contributed by atoms with Gasteiger partial charge in [-0.3, -0.25) is 0 Å². The summed E-state index contributed by atoms with van der Waals surface area (Å²) in [5, 5.41) is 10.9. The first kappa shape index (κ1) is 11.1. The molecule has 1 aromatic carbocycles. The van der Waals surface area contributed by atoms with Crippen molar-refractivity contribution in [1.29, 1.82) is 0 Å². The molecule has 14 heavy (non-hydrogen) atoms. The van der Waals surface area contributed by atoms with Crippen molar-refractivity contribution in [3.8, 4) is 11.5 Å². The Morgan fingerprint density at radius 2 is 2.36 bits per heavy atom. The first-order valence-corrected chi connectivity index (χ1v) is 5.14. The van der Waals surface area contributed by atoms with Crippen molar-refractivity contribution in [1.82, 2.24) is 0 Å². The summed E-state index contributed by atoms with van der Waals surface area (Å²) >= 11 is 6.08. The molecule has 0 saturated carbocycles. The van der Waals surface area contributed by atoms with E-state index in [0.29, 0.717) is 30.0 Å². The maximum Gasteiger partial charge on any atom is 0.134 e. The van der Waals surface area contributed by atoms with E-state index in [9.17, 15) is 4.21 Å². The summed E-state index contributed by atoms with van der Waals surface area (Å²) in [7, 11) is 0. The van der Waals surface area contributed by atoms with Crippen LogP contribution in [0.5, 0.6) is 11.5 Å². The molecule has 1 N–H and O–H groups in total. The van der Waals surface area contributed by atoms with Gasteiger partial charge in [-0.05, 0) is 12.1 Å². The van der Waals surface area contributed by atoms with Gasteiger partial charge in [0.25, 0.3) is 0 Å². The van der Waals surface area contributed by atoms with Crippen molar-refractivity contribution >= 4 is 28.2 Å². The fraction of sp³-hybridized carbons (Fsp3) is 0.222. The van der Waals surface area contributed by atoms with Crippen molar-refractivity contribution in [2.75, 3.05) is 6.61 Å². The van der Waals surface area contributed by atoms with Crippen LogP contribution < -0.4 is 4.74 Å². The third-order valence-corrected chi connectivity index (χ3v) is 2.17. The Labute approximate surface area is 90.3 Å². The van der Waals surface area contributed by atoms with Crippen LogP contribution in [-0.4, -0.2) is 21.3 Å². The number of benzene rings is 1. The Morgan fingerprint density at radius 3 is 3.00 bits per heavy atom. The quantitative estimate of drug-likeness (QED) is 0.637. The maximum absolute atomic E-state index is 9.99. The number of aromatic hydroxyl groups is 1. The van der Waals surface area contributed by atoms with E-state index in [4.69, 9.17) is 21.4 Å². The summed E-state index contributed by atoms with van der Waals surface area (Å²) in [5.41, 5.74) is 0. The van der Waals surface area contributed by atoms with Crippen LogP contribution in [0.4, 0.5) is 0 Å². The van der Waals surface area contributed by atoms with E-state index in [2.05, 4.69) is 0 Å². The molecule has 0 fully saturated rings. The number of ether oxygens (including phenoxy) is 1. The molecule has 0 aliphatic rings. The molecule has 0 aliphatic carbocycles. The summed E-state index contributed by atoms with van der Waals surface area (Å²) in [5.74, 6) is 0.609. The summed E-state index contributed by atoms with van der Waals surface area (Å²) in [6, 6.07) is 4.61. The number of phenols is 1. The van der Waals surface area contributed by atoms with Crippen LogP contribution in [0.15, 0.2) is 18.2 Å². The SMILES string of the molecule is O=S=CCCOc1ccc(O)c(Cl)c1. The molecule has 0 aliphatic heterocycles. The highest BCUT2D eigenvalue weighted by atomic mass is 35.5. The number of phenolic OH excluding ortho intramolecular Hbond substituents is 1. The Balaban J connectivity index is 2.51. The molecule has 0 heterocycles. The lowest BCUT2D eigenvalue weighted by atomic mass is 10.3. The molecule has 1 rings (SSSR count). The van der Waals surface area contributed by atoms with Crippen LogP contribution in [0.3, 0.4) is 0 Å². The molecule has 1 aromatic rings. The molecule has 0 amide bonds. The molecule has 3 nitrogen and oxygen atoms in total. The average molecular weight is 233 g/mol. The van der Waals surface area contributed by atoms with Gasteiger partial charge in [-0.1, -0.05) is 11.6 Å². The van der Waals surface area contributed by atoms with Crippen LogP contribution in [0.2, 0.25) is 5.02 Å². The monoisotopic (exact) mass is 232 g/mol. The summed E-state index contributed by atoms with van der Waals surface area (Å²) in [6.45, 7) is 0.427. The Hall–Kier alpha value is -1.00. The van der Waals surface area contributed by atoms with E-state index in [1.807, 2.05) is 0 Å². The van der Waals surface area contributed by atoms with Gasteiger partial charge in [-0.2, -0.15) is 0 Å². The Bertz CT molecular complexity index is 361. The molecule has 0 saturated heterocycles. The fourth-order valence-corrected chi connectivity index (χ4v) is 1.21. The lowest BCUT2D eigenvalue weighted by Crippen LogP contribution is -1.97. The second kappa shape index (κ2) is 5.67. The molecule has 0 radical (unpaired) electrons. The molecule has 0 bridgehead atoms. The predicted molar refractivity (Wildman–Crippen MR) is 57.4 cm³/mol. The topological polar surface area (TPSA) is 46.5 Å².